The number of aromatic nitrogens is 2. The molecule has 0 fully saturated rings. The molecule has 0 radical (unpaired) electrons. The summed E-state index contributed by atoms with van der Waals surface area (Å²) in [7, 11) is 1.69. The van der Waals surface area contributed by atoms with E-state index in [0.29, 0.717) is 0 Å². The molecule has 0 N–H and O–H groups in total. The molecule has 0 aliphatic heterocycles. The van der Waals surface area contributed by atoms with Crippen molar-refractivity contribution >= 4 is 27.0 Å². The largest absolute Gasteiger partial charge is 0.493 e. The van der Waals surface area contributed by atoms with E-state index in [1.807, 2.05) is 25.1 Å². The van der Waals surface area contributed by atoms with E-state index in [9.17, 15) is 0 Å². The number of benzene rings is 2. The second-order valence-corrected chi connectivity index (χ2v) is 5.53. The van der Waals surface area contributed by atoms with E-state index in [0.717, 1.165) is 33.6 Å². The summed E-state index contributed by atoms with van der Waals surface area (Å²) in [5, 5.41) is 0. The van der Waals surface area contributed by atoms with Crippen LogP contribution in [0.4, 0.5) is 0 Å². The third-order valence-corrected chi connectivity index (χ3v) is 4.02. The van der Waals surface area contributed by atoms with E-state index in [-0.39, 0.29) is 0 Å². The second kappa shape index (κ2) is 5.29. The van der Waals surface area contributed by atoms with E-state index >= 15 is 0 Å². The molecule has 3 rings (SSSR count). The Morgan fingerprint density at radius 2 is 1.90 bits per heavy atom. The van der Waals surface area contributed by atoms with Gasteiger partial charge in [0.25, 0.3) is 0 Å². The molecule has 0 atom stereocenters. The topological polar surface area (TPSA) is 27.1 Å². The predicted molar refractivity (Wildman–Crippen MR) is 84.3 cm³/mol. The number of rotatable bonds is 3. The van der Waals surface area contributed by atoms with Crippen molar-refractivity contribution in [2.45, 2.75) is 13.5 Å². The monoisotopic (exact) mass is 330 g/mol. The van der Waals surface area contributed by atoms with E-state index in [2.05, 4.69) is 49.7 Å². The van der Waals surface area contributed by atoms with Gasteiger partial charge >= 0.3 is 0 Å². The van der Waals surface area contributed by atoms with Gasteiger partial charge in [-0.2, -0.15) is 0 Å². The zero-order valence-corrected chi connectivity index (χ0v) is 13.0. The van der Waals surface area contributed by atoms with E-state index in [1.165, 1.54) is 5.56 Å². The Morgan fingerprint density at radius 1 is 1.15 bits per heavy atom. The van der Waals surface area contributed by atoms with E-state index in [4.69, 9.17) is 4.74 Å². The van der Waals surface area contributed by atoms with Gasteiger partial charge in [-0.1, -0.05) is 30.3 Å². The molecule has 0 saturated heterocycles. The first-order chi connectivity index (χ1) is 9.70. The summed E-state index contributed by atoms with van der Waals surface area (Å²) in [6, 6.07) is 14.4. The standard InChI is InChI=1S/C16H15BrN2O/c1-11-18-14-9-8-13(17)16(20-2)15(14)19(11)10-12-6-4-3-5-7-12/h3-9H,10H2,1-2H3. The predicted octanol–water partition coefficient (Wildman–Crippen LogP) is 4.16. The molecule has 0 saturated carbocycles. The molecule has 0 spiro atoms. The van der Waals surface area contributed by atoms with Gasteiger partial charge in [0.2, 0.25) is 0 Å². The van der Waals surface area contributed by atoms with Gasteiger partial charge in [0.1, 0.15) is 11.3 Å². The number of methoxy groups -OCH3 is 1. The van der Waals surface area contributed by atoms with Gasteiger partial charge in [-0.3, -0.25) is 0 Å². The van der Waals surface area contributed by atoms with Crippen molar-refractivity contribution in [1.82, 2.24) is 9.55 Å². The van der Waals surface area contributed by atoms with Gasteiger partial charge in [0, 0.05) is 6.54 Å². The van der Waals surface area contributed by atoms with Gasteiger partial charge in [-0.05, 0) is 40.5 Å². The Hall–Kier alpha value is -1.81. The van der Waals surface area contributed by atoms with Crippen LogP contribution in [-0.2, 0) is 6.54 Å². The Bertz CT molecular complexity index is 750. The highest BCUT2D eigenvalue weighted by atomic mass is 79.9. The van der Waals surface area contributed by atoms with Crippen molar-refractivity contribution in [3.05, 3.63) is 58.3 Å². The number of nitrogens with zero attached hydrogens (tertiary/aromatic N) is 2. The maximum Gasteiger partial charge on any atom is 0.158 e. The van der Waals surface area contributed by atoms with E-state index < -0.39 is 0 Å². The zero-order valence-electron chi connectivity index (χ0n) is 11.4. The number of aryl methyl sites for hydroxylation is 1. The number of hydrogen-bond donors (Lipinski definition) is 0. The van der Waals surface area contributed by atoms with Crippen molar-refractivity contribution in [1.29, 1.82) is 0 Å². The normalized spacial score (nSPS) is 10.9. The highest BCUT2D eigenvalue weighted by Gasteiger charge is 2.15. The minimum atomic E-state index is 0.788. The van der Waals surface area contributed by atoms with Gasteiger partial charge in [-0.25, -0.2) is 4.98 Å². The third-order valence-electron chi connectivity index (χ3n) is 3.39. The highest BCUT2D eigenvalue weighted by molar-refractivity contribution is 9.10. The minimum absolute atomic E-state index is 0.788. The van der Waals surface area contributed by atoms with Crippen LogP contribution >= 0.6 is 15.9 Å². The smallest absolute Gasteiger partial charge is 0.158 e. The van der Waals surface area contributed by atoms with Gasteiger partial charge in [-0.15, -0.1) is 0 Å². The molecule has 1 aromatic heterocycles. The quantitative estimate of drug-likeness (QED) is 0.720. The van der Waals surface area contributed by atoms with Crippen LogP contribution in [0, 0.1) is 6.92 Å². The van der Waals surface area contributed by atoms with Crippen LogP contribution in [0.25, 0.3) is 11.0 Å². The molecule has 0 aliphatic rings. The molecule has 102 valence electrons. The lowest BCUT2D eigenvalue weighted by atomic mass is 10.2. The van der Waals surface area contributed by atoms with Crippen molar-refractivity contribution in [3.8, 4) is 5.75 Å². The first-order valence-corrected chi connectivity index (χ1v) is 7.23. The summed E-state index contributed by atoms with van der Waals surface area (Å²) in [6.45, 7) is 2.81. The molecule has 3 nitrogen and oxygen atoms in total. The fourth-order valence-electron chi connectivity index (χ4n) is 2.44. The average Bonchev–Trinajstić information content (AvgIpc) is 2.77. The molecular formula is C16H15BrN2O. The van der Waals surface area contributed by atoms with Gasteiger partial charge < -0.3 is 9.30 Å². The summed E-state index contributed by atoms with van der Waals surface area (Å²) in [6.07, 6.45) is 0. The van der Waals surface area contributed by atoms with Crippen molar-refractivity contribution in [2.24, 2.45) is 0 Å². The lowest BCUT2D eigenvalue weighted by Crippen LogP contribution is -2.03. The van der Waals surface area contributed by atoms with Gasteiger partial charge in [0.15, 0.2) is 5.75 Å². The minimum Gasteiger partial charge on any atom is -0.493 e. The number of imidazole rings is 1. The molecule has 3 aromatic rings. The molecule has 0 amide bonds. The summed E-state index contributed by atoms with van der Waals surface area (Å²) in [4.78, 5) is 4.62. The molecule has 4 heteroatoms. The summed E-state index contributed by atoms with van der Waals surface area (Å²) in [5.41, 5.74) is 3.23. The first-order valence-electron chi connectivity index (χ1n) is 6.44. The lowest BCUT2D eigenvalue weighted by Gasteiger charge is -2.11. The van der Waals surface area contributed by atoms with Crippen molar-refractivity contribution in [3.63, 3.8) is 0 Å². The van der Waals surface area contributed by atoms with Crippen LogP contribution in [0.3, 0.4) is 0 Å². The number of halogens is 1. The maximum absolute atomic E-state index is 5.54. The molecule has 0 unspecified atom stereocenters. The maximum atomic E-state index is 5.54. The molecule has 2 aromatic carbocycles. The highest BCUT2D eigenvalue weighted by Crippen LogP contribution is 2.34. The van der Waals surface area contributed by atoms with Crippen molar-refractivity contribution in [2.75, 3.05) is 7.11 Å². The summed E-state index contributed by atoms with van der Waals surface area (Å²) >= 11 is 3.54. The Balaban J connectivity index is 2.19. The van der Waals surface area contributed by atoms with Crippen molar-refractivity contribution < 1.29 is 4.74 Å². The van der Waals surface area contributed by atoms with Crippen LogP contribution in [0.15, 0.2) is 46.9 Å². The average molecular weight is 331 g/mol. The van der Waals surface area contributed by atoms with Crippen LogP contribution < -0.4 is 4.74 Å². The number of ether oxygens (including phenoxy) is 1. The SMILES string of the molecule is COc1c(Br)ccc2nc(C)n(Cc3ccccc3)c12. The number of fused-ring (bicyclic) bond motifs is 1. The molecule has 1 heterocycles. The Morgan fingerprint density at radius 3 is 2.60 bits per heavy atom. The molecule has 0 bridgehead atoms. The van der Waals surface area contributed by atoms with E-state index in [1.54, 1.807) is 7.11 Å². The molecular weight excluding hydrogens is 316 g/mol. The fourth-order valence-corrected chi connectivity index (χ4v) is 2.92. The third kappa shape index (κ3) is 2.20. The van der Waals surface area contributed by atoms with Gasteiger partial charge in [0.05, 0.1) is 17.1 Å². The van der Waals surface area contributed by atoms with Crippen LogP contribution in [-0.4, -0.2) is 16.7 Å². The summed E-state index contributed by atoms with van der Waals surface area (Å²) < 4.78 is 8.68. The number of hydrogen-bond acceptors (Lipinski definition) is 2. The molecule has 20 heavy (non-hydrogen) atoms. The Labute approximate surface area is 126 Å². The second-order valence-electron chi connectivity index (χ2n) is 4.68. The van der Waals surface area contributed by atoms with Crippen LogP contribution in [0.5, 0.6) is 5.75 Å². The lowest BCUT2D eigenvalue weighted by molar-refractivity contribution is 0.415. The fraction of sp³-hybridized carbons (Fsp3) is 0.188. The molecule has 0 aliphatic carbocycles. The summed E-state index contributed by atoms with van der Waals surface area (Å²) in [5.74, 6) is 1.82. The van der Waals surface area contributed by atoms with Crippen LogP contribution in [0.2, 0.25) is 0 Å². The zero-order chi connectivity index (χ0) is 14.1. The first kappa shape index (κ1) is 13.2. The Kier molecular flexibility index (Phi) is 3.49. The van der Waals surface area contributed by atoms with Crippen LogP contribution in [0.1, 0.15) is 11.4 Å².